The van der Waals surface area contributed by atoms with Crippen LogP contribution in [0, 0.1) is 0 Å². The molecule has 26 heavy (non-hydrogen) atoms. The number of aromatic hydroxyl groups is 1. The van der Waals surface area contributed by atoms with Gasteiger partial charge in [-0.15, -0.1) is 5.10 Å². The van der Waals surface area contributed by atoms with E-state index in [1.807, 2.05) is 32.9 Å². The Kier molecular flexibility index (Phi) is 5.14. The SMILES string of the molecule is CC(C)(C)NC(=O)c1cc(C2=C(c3cc(Br)ccc3O)CCC2)cnn1. The van der Waals surface area contributed by atoms with Gasteiger partial charge in [0.1, 0.15) is 5.75 Å². The predicted molar refractivity (Wildman–Crippen MR) is 106 cm³/mol. The predicted octanol–water partition coefficient (Wildman–Crippen LogP) is 4.57. The van der Waals surface area contributed by atoms with Crippen molar-refractivity contribution in [2.24, 2.45) is 0 Å². The van der Waals surface area contributed by atoms with Crippen LogP contribution >= 0.6 is 15.9 Å². The zero-order valence-corrected chi connectivity index (χ0v) is 16.7. The molecule has 0 fully saturated rings. The highest BCUT2D eigenvalue weighted by Crippen LogP contribution is 2.43. The molecule has 136 valence electrons. The topological polar surface area (TPSA) is 75.1 Å². The molecule has 0 saturated carbocycles. The normalized spacial score (nSPS) is 14.6. The molecule has 1 aromatic heterocycles. The monoisotopic (exact) mass is 415 g/mol. The molecule has 1 heterocycles. The highest BCUT2D eigenvalue weighted by atomic mass is 79.9. The first kappa shape index (κ1) is 18.6. The first-order valence-corrected chi connectivity index (χ1v) is 9.40. The van der Waals surface area contributed by atoms with Crippen molar-refractivity contribution in [2.45, 2.75) is 45.6 Å². The number of benzene rings is 1. The van der Waals surface area contributed by atoms with Gasteiger partial charge in [0, 0.05) is 21.1 Å². The van der Waals surface area contributed by atoms with Crippen LogP contribution < -0.4 is 5.32 Å². The number of phenolic OH excluding ortho intramolecular Hbond substituents is 1. The van der Waals surface area contributed by atoms with Crippen LogP contribution in [0.2, 0.25) is 0 Å². The van der Waals surface area contributed by atoms with Crippen LogP contribution in [0.4, 0.5) is 0 Å². The molecule has 2 N–H and O–H groups in total. The van der Waals surface area contributed by atoms with Gasteiger partial charge in [0.2, 0.25) is 0 Å². The van der Waals surface area contributed by atoms with Gasteiger partial charge in [-0.3, -0.25) is 4.79 Å². The lowest BCUT2D eigenvalue weighted by atomic mass is 9.97. The van der Waals surface area contributed by atoms with E-state index in [4.69, 9.17) is 0 Å². The Bertz CT molecular complexity index is 885. The minimum Gasteiger partial charge on any atom is -0.507 e. The molecule has 6 heteroatoms. The van der Waals surface area contributed by atoms with Crippen LogP contribution in [0.3, 0.4) is 0 Å². The summed E-state index contributed by atoms with van der Waals surface area (Å²) in [6.45, 7) is 5.78. The van der Waals surface area contributed by atoms with Crippen LogP contribution in [-0.2, 0) is 0 Å². The Labute approximate surface area is 161 Å². The minimum absolute atomic E-state index is 0.239. The Hall–Kier alpha value is -2.21. The number of rotatable bonds is 3. The number of hydrogen-bond donors (Lipinski definition) is 2. The van der Waals surface area contributed by atoms with Gasteiger partial charge in [-0.05, 0) is 75.4 Å². The summed E-state index contributed by atoms with van der Waals surface area (Å²) in [4.78, 5) is 12.4. The average Bonchev–Trinajstić information content (AvgIpc) is 3.05. The zero-order valence-electron chi connectivity index (χ0n) is 15.1. The van der Waals surface area contributed by atoms with E-state index in [9.17, 15) is 9.90 Å². The highest BCUT2D eigenvalue weighted by molar-refractivity contribution is 9.10. The lowest BCUT2D eigenvalue weighted by Gasteiger charge is -2.20. The van der Waals surface area contributed by atoms with Crippen molar-refractivity contribution in [3.63, 3.8) is 0 Å². The standard InChI is InChI=1S/C20H22BrN3O2/c1-20(2,3)23-19(26)17-9-12(11-22-24-17)14-5-4-6-15(14)16-10-13(21)7-8-18(16)25/h7-11,25H,4-6H2,1-3H3,(H,23,26). The van der Waals surface area contributed by atoms with Crippen molar-refractivity contribution in [1.29, 1.82) is 0 Å². The number of aromatic nitrogens is 2. The smallest absolute Gasteiger partial charge is 0.272 e. The van der Waals surface area contributed by atoms with E-state index < -0.39 is 0 Å². The maximum atomic E-state index is 12.4. The molecule has 0 bridgehead atoms. The third-order valence-corrected chi connectivity index (χ3v) is 4.72. The molecule has 1 aliphatic carbocycles. The van der Waals surface area contributed by atoms with Gasteiger partial charge in [-0.25, -0.2) is 0 Å². The molecule has 5 nitrogen and oxygen atoms in total. The van der Waals surface area contributed by atoms with Gasteiger partial charge in [-0.2, -0.15) is 5.10 Å². The van der Waals surface area contributed by atoms with E-state index in [1.54, 1.807) is 18.3 Å². The van der Waals surface area contributed by atoms with Crippen molar-refractivity contribution in [3.8, 4) is 5.75 Å². The average molecular weight is 416 g/mol. The maximum Gasteiger partial charge on any atom is 0.272 e. The highest BCUT2D eigenvalue weighted by Gasteiger charge is 2.22. The quantitative estimate of drug-likeness (QED) is 0.769. The van der Waals surface area contributed by atoms with Gasteiger partial charge < -0.3 is 10.4 Å². The van der Waals surface area contributed by atoms with Crippen LogP contribution in [0.5, 0.6) is 5.75 Å². The molecular formula is C20H22BrN3O2. The molecule has 0 radical (unpaired) electrons. The zero-order chi connectivity index (χ0) is 18.9. The first-order valence-electron chi connectivity index (χ1n) is 8.61. The number of carbonyl (C=O) groups excluding carboxylic acids is 1. The lowest BCUT2D eigenvalue weighted by molar-refractivity contribution is 0.0913. The summed E-state index contributed by atoms with van der Waals surface area (Å²) in [6, 6.07) is 7.22. The Balaban J connectivity index is 2.01. The molecule has 1 aliphatic rings. The van der Waals surface area contributed by atoms with E-state index in [2.05, 4.69) is 31.4 Å². The number of allylic oxidation sites excluding steroid dienone is 2. The maximum absolute atomic E-state index is 12.4. The van der Waals surface area contributed by atoms with E-state index >= 15 is 0 Å². The summed E-state index contributed by atoms with van der Waals surface area (Å²) in [5.74, 6) is 0.0209. The van der Waals surface area contributed by atoms with Gasteiger partial charge in [0.25, 0.3) is 5.91 Å². The molecule has 0 aliphatic heterocycles. The number of phenols is 1. The molecule has 3 rings (SSSR count). The van der Waals surface area contributed by atoms with Crippen LogP contribution in [0.15, 0.2) is 34.9 Å². The summed E-state index contributed by atoms with van der Waals surface area (Å²) < 4.78 is 0.919. The van der Waals surface area contributed by atoms with E-state index in [0.29, 0.717) is 5.69 Å². The fourth-order valence-corrected chi connectivity index (χ4v) is 3.52. The molecule has 0 atom stereocenters. The number of nitrogens with zero attached hydrogens (tertiary/aromatic N) is 2. The molecule has 2 aromatic rings. The molecule has 0 spiro atoms. The summed E-state index contributed by atoms with van der Waals surface area (Å²) in [5.41, 5.74) is 3.87. The van der Waals surface area contributed by atoms with E-state index in [1.165, 1.54) is 0 Å². The molecular weight excluding hydrogens is 394 g/mol. The number of amides is 1. The summed E-state index contributed by atoms with van der Waals surface area (Å²) >= 11 is 3.47. The molecule has 0 unspecified atom stereocenters. The summed E-state index contributed by atoms with van der Waals surface area (Å²) in [5, 5.41) is 21.2. The van der Waals surface area contributed by atoms with Crippen LogP contribution in [0.1, 0.15) is 61.6 Å². The lowest BCUT2D eigenvalue weighted by Crippen LogP contribution is -2.41. The van der Waals surface area contributed by atoms with Crippen LogP contribution in [0.25, 0.3) is 11.1 Å². The number of nitrogens with one attached hydrogen (secondary N) is 1. The van der Waals surface area contributed by atoms with Crippen molar-refractivity contribution in [1.82, 2.24) is 15.5 Å². The Morgan fingerprint density at radius 1 is 1.19 bits per heavy atom. The Morgan fingerprint density at radius 2 is 1.92 bits per heavy atom. The van der Waals surface area contributed by atoms with E-state index in [-0.39, 0.29) is 17.2 Å². The molecule has 1 aromatic carbocycles. The third-order valence-electron chi connectivity index (χ3n) is 4.23. The fraction of sp³-hybridized carbons (Fsp3) is 0.350. The molecule has 0 saturated heterocycles. The third kappa shape index (κ3) is 4.12. The summed E-state index contributed by atoms with van der Waals surface area (Å²) in [7, 11) is 0. The second-order valence-electron chi connectivity index (χ2n) is 7.51. The minimum atomic E-state index is -0.339. The van der Waals surface area contributed by atoms with Gasteiger partial charge in [0.05, 0.1) is 6.20 Å². The van der Waals surface area contributed by atoms with Crippen molar-refractivity contribution in [2.75, 3.05) is 0 Å². The summed E-state index contributed by atoms with van der Waals surface area (Å²) in [6.07, 6.45) is 4.45. The first-order chi connectivity index (χ1) is 12.2. The van der Waals surface area contributed by atoms with Gasteiger partial charge >= 0.3 is 0 Å². The van der Waals surface area contributed by atoms with Crippen LogP contribution in [-0.4, -0.2) is 26.7 Å². The van der Waals surface area contributed by atoms with Crippen molar-refractivity contribution < 1.29 is 9.90 Å². The Morgan fingerprint density at radius 3 is 2.65 bits per heavy atom. The second-order valence-corrected chi connectivity index (χ2v) is 8.42. The van der Waals surface area contributed by atoms with Crippen molar-refractivity contribution >= 4 is 33.0 Å². The molecule has 1 amide bonds. The second kappa shape index (κ2) is 7.19. The largest absolute Gasteiger partial charge is 0.507 e. The number of carbonyl (C=O) groups is 1. The number of halogens is 1. The van der Waals surface area contributed by atoms with Gasteiger partial charge in [0.15, 0.2) is 5.69 Å². The fourth-order valence-electron chi connectivity index (χ4n) is 3.16. The van der Waals surface area contributed by atoms with Crippen molar-refractivity contribution in [3.05, 3.63) is 51.8 Å². The van der Waals surface area contributed by atoms with Gasteiger partial charge in [-0.1, -0.05) is 15.9 Å². The van der Waals surface area contributed by atoms with E-state index in [0.717, 1.165) is 46.0 Å². The number of hydrogen-bond acceptors (Lipinski definition) is 4.